The van der Waals surface area contributed by atoms with Gasteiger partial charge < -0.3 is 10.6 Å². The first-order chi connectivity index (χ1) is 8.93. The van der Waals surface area contributed by atoms with Crippen LogP contribution in [0.15, 0.2) is 18.2 Å². The summed E-state index contributed by atoms with van der Waals surface area (Å²) in [4.78, 5) is 23.3. The van der Waals surface area contributed by atoms with Crippen molar-refractivity contribution < 1.29 is 9.59 Å². The molecule has 19 heavy (non-hydrogen) atoms. The number of benzene rings is 1. The third-order valence-electron chi connectivity index (χ3n) is 2.67. The van der Waals surface area contributed by atoms with Crippen molar-refractivity contribution in [2.45, 2.75) is 26.7 Å². The summed E-state index contributed by atoms with van der Waals surface area (Å²) in [5.41, 5.74) is 0.933. The summed E-state index contributed by atoms with van der Waals surface area (Å²) in [5, 5.41) is 5.63. The molecule has 0 atom stereocenters. The molecule has 104 valence electrons. The van der Waals surface area contributed by atoms with Crippen LogP contribution in [0.3, 0.4) is 0 Å². The highest BCUT2D eigenvalue weighted by Crippen LogP contribution is 2.21. The van der Waals surface area contributed by atoms with Crippen LogP contribution in [-0.2, 0) is 4.79 Å². The summed E-state index contributed by atoms with van der Waals surface area (Å²) < 4.78 is 0. The molecule has 0 unspecified atom stereocenters. The molecule has 0 radical (unpaired) electrons. The molecule has 0 heterocycles. The molecule has 5 heteroatoms. The van der Waals surface area contributed by atoms with E-state index in [0.717, 1.165) is 6.42 Å². The minimum atomic E-state index is -0.275. The minimum Gasteiger partial charge on any atom is -0.355 e. The molecular weight excluding hydrogens is 264 g/mol. The van der Waals surface area contributed by atoms with Gasteiger partial charge in [0.05, 0.1) is 10.6 Å². The fourth-order valence-electron chi connectivity index (χ4n) is 1.55. The van der Waals surface area contributed by atoms with Crippen molar-refractivity contribution in [3.05, 3.63) is 28.8 Å². The van der Waals surface area contributed by atoms with Gasteiger partial charge in [-0.15, -0.1) is 0 Å². The molecular formula is C14H19ClN2O2. The van der Waals surface area contributed by atoms with E-state index in [-0.39, 0.29) is 11.8 Å². The molecule has 4 nitrogen and oxygen atoms in total. The van der Waals surface area contributed by atoms with Gasteiger partial charge in [-0.25, -0.2) is 0 Å². The van der Waals surface area contributed by atoms with Crippen molar-refractivity contribution in [2.24, 2.45) is 5.92 Å². The molecule has 2 N–H and O–H groups in total. The first kappa shape index (κ1) is 15.5. The second-order valence-electron chi connectivity index (χ2n) is 4.75. The smallest absolute Gasteiger partial charge is 0.252 e. The lowest BCUT2D eigenvalue weighted by Crippen LogP contribution is -2.19. The standard InChI is InChI=1S/C14H19ClN2O2/c1-9(2)4-7-13(18)17-10-5-6-12(15)11(8-10)14(19)16-3/h5-6,8-9H,4,7H2,1-3H3,(H,16,19)(H,17,18). The predicted octanol–water partition coefficient (Wildman–Crippen LogP) is 3.07. The number of anilines is 1. The van der Waals surface area contributed by atoms with Crippen molar-refractivity contribution >= 4 is 29.1 Å². The van der Waals surface area contributed by atoms with Crippen molar-refractivity contribution in [1.82, 2.24) is 5.32 Å². The molecule has 0 saturated carbocycles. The van der Waals surface area contributed by atoms with Crippen molar-refractivity contribution in [1.29, 1.82) is 0 Å². The average molecular weight is 283 g/mol. The van der Waals surface area contributed by atoms with Crippen LogP contribution in [0.25, 0.3) is 0 Å². The molecule has 0 aliphatic carbocycles. The minimum absolute atomic E-state index is 0.0566. The van der Waals surface area contributed by atoms with E-state index in [0.29, 0.717) is 28.6 Å². The van der Waals surface area contributed by atoms with Gasteiger partial charge in [-0.2, -0.15) is 0 Å². The second kappa shape index (κ2) is 7.14. The third-order valence-corrected chi connectivity index (χ3v) is 3.00. The van der Waals surface area contributed by atoms with E-state index in [1.54, 1.807) is 18.2 Å². The molecule has 0 spiro atoms. The van der Waals surface area contributed by atoms with E-state index < -0.39 is 0 Å². The Hall–Kier alpha value is -1.55. The molecule has 0 saturated heterocycles. The Bertz CT molecular complexity index is 473. The third kappa shape index (κ3) is 4.91. The zero-order chi connectivity index (χ0) is 14.4. The molecule has 0 fully saturated rings. The lowest BCUT2D eigenvalue weighted by molar-refractivity contribution is -0.116. The Morgan fingerprint density at radius 3 is 2.58 bits per heavy atom. The van der Waals surface area contributed by atoms with Gasteiger partial charge in [0.1, 0.15) is 0 Å². The molecule has 0 bridgehead atoms. The van der Waals surface area contributed by atoms with E-state index in [2.05, 4.69) is 24.5 Å². The largest absolute Gasteiger partial charge is 0.355 e. The number of halogens is 1. The molecule has 2 amide bonds. The van der Waals surface area contributed by atoms with Crippen LogP contribution >= 0.6 is 11.6 Å². The van der Waals surface area contributed by atoms with Gasteiger partial charge in [0.15, 0.2) is 0 Å². The van der Waals surface area contributed by atoms with E-state index in [4.69, 9.17) is 11.6 Å². The monoisotopic (exact) mass is 282 g/mol. The number of carbonyl (C=O) groups is 2. The van der Waals surface area contributed by atoms with E-state index >= 15 is 0 Å². The SMILES string of the molecule is CNC(=O)c1cc(NC(=O)CCC(C)C)ccc1Cl. The number of carbonyl (C=O) groups excluding carboxylic acids is 2. The van der Waals surface area contributed by atoms with Crippen LogP contribution in [0.2, 0.25) is 5.02 Å². The van der Waals surface area contributed by atoms with Gasteiger partial charge in [-0.05, 0) is 30.5 Å². The van der Waals surface area contributed by atoms with Crippen LogP contribution in [0.1, 0.15) is 37.0 Å². The molecule has 1 aromatic carbocycles. The molecule has 1 aromatic rings. The zero-order valence-corrected chi connectivity index (χ0v) is 12.2. The lowest BCUT2D eigenvalue weighted by Gasteiger charge is -2.09. The van der Waals surface area contributed by atoms with Crippen molar-refractivity contribution in [2.75, 3.05) is 12.4 Å². The number of amides is 2. The van der Waals surface area contributed by atoms with Gasteiger partial charge >= 0.3 is 0 Å². The fraction of sp³-hybridized carbons (Fsp3) is 0.429. The first-order valence-electron chi connectivity index (χ1n) is 6.25. The summed E-state index contributed by atoms with van der Waals surface area (Å²) in [5.74, 6) is 0.152. The lowest BCUT2D eigenvalue weighted by atomic mass is 10.1. The van der Waals surface area contributed by atoms with Crippen LogP contribution in [0.5, 0.6) is 0 Å². The van der Waals surface area contributed by atoms with Crippen LogP contribution < -0.4 is 10.6 Å². The van der Waals surface area contributed by atoms with Crippen LogP contribution in [0.4, 0.5) is 5.69 Å². The van der Waals surface area contributed by atoms with Crippen molar-refractivity contribution in [3.8, 4) is 0 Å². The van der Waals surface area contributed by atoms with Gasteiger partial charge in [0.25, 0.3) is 5.91 Å². The highest BCUT2D eigenvalue weighted by Gasteiger charge is 2.11. The summed E-state index contributed by atoms with van der Waals surface area (Å²) >= 11 is 5.94. The second-order valence-corrected chi connectivity index (χ2v) is 5.16. The topological polar surface area (TPSA) is 58.2 Å². The van der Waals surface area contributed by atoms with E-state index in [1.807, 2.05) is 0 Å². The fourth-order valence-corrected chi connectivity index (χ4v) is 1.76. The number of rotatable bonds is 5. The maximum atomic E-state index is 11.7. The Labute approximate surface area is 118 Å². The maximum absolute atomic E-state index is 11.7. The first-order valence-corrected chi connectivity index (χ1v) is 6.63. The Morgan fingerprint density at radius 2 is 2.00 bits per heavy atom. The highest BCUT2D eigenvalue weighted by molar-refractivity contribution is 6.34. The number of nitrogens with one attached hydrogen (secondary N) is 2. The summed E-state index contributed by atoms with van der Waals surface area (Å²) in [6.07, 6.45) is 1.30. The normalized spacial score (nSPS) is 10.4. The van der Waals surface area contributed by atoms with Crippen LogP contribution in [-0.4, -0.2) is 18.9 Å². The van der Waals surface area contributed by atoms with Crippen LogP contribution in [0, 0.1) is 5.92 Å². The maximum Gasteiger partial charge on any atom is 0.252 e. The summed E-state index contributed by atoms with van der Waals surface area (Å²) in [7, 11) is 1.53. The quantitative estimate of drug-likeness (QED) is 0.872. The molecule has 0 aliphatic rings. The predicted molar refractivity (Wildman–Crippen MR) is 77.5 cm³/mol. The highest BCUT2D eigenvalue weighted by atomic mass is 35.5. The zero-order valence-electron chi connectivity index (χ0n) is 11.4. The Morgan fingerprint density at radius 1 is 1.32 bits per heavy atom. The van der Waals surface area contributed by atoms with Gasteiger partial charge in [0, 0.05) is 19.2 Å². The van der Waals surface area contributed by atoms with Crippen molar-refractivity contribution in [3.63, 3.8) is 0 Å². The van der Waals surface area contributed by atoms with E-state index in [9.17, 15) is 9.59 Å². The molecule has 0 aromatic heterocycles. The summed E-state index contributed by atoms with van der Waals surface area (Å²) in [6.45, 7) is 4.14. The van der Waals surface area contributed by atoms with Gasteiger partial charge in [-0.3, -0.25) is 9.59 Å². The number of hydrogen-bond donors (Lipinski definition) is 2. The van der Waals surface area contributed by atoms with E-state index in [1.165, 1.54) is 7.05 Å². The molecule has 0 aliphatic heterocycles. The number of hydrogen-bond acceptors (Lipinski definition) is 2. The average Bonchev–Trinajstić information content (AvgIpc) is 2.37. The van der Waals surface area contributed by atoms with Gasteiger partial charge in [0.2, 0.25) is 5.91 Å². The Balaban J connectivity index is 2.74. The summed E-state index contributed by atoms with van der Waals surface area (Å²) in [6, 6.07) is 4.86. The molecule has 1 rings (SSSR count). The Kier molecular flexibility index (Phi) is 5.83. The van der Waals surface area contributed by atoms with Gasteiger partial charge in [-0.1, -0.05) is 25.4 Å².